The number of fused-ring (bicyclic) bond motifs is 3. The zero-order chi connectivity index (χ0) is 13.5. The number of nitrogens with one attached hydrogen (secondary N) is 1. The molecule has 0 spiro atoms. The number of H-pyrrole nitrogens is 1. The Morgan fingerprint density at radius 3 is 2.60 bits per heavy atom. The lowest BCUT2D eigenvalue weighted by Crippen LogP contribution is -1.85. The van der Waals surface area contributed by atoms with Crippen LogP contribution in [0.2, 0.25) is 0 Å². The molecule has 0 saturated carbocycles. The van der Waals surface area contributed by atoms with Crippen LogP contribution in [0.4, 0.5) is 0 Å². The molecule has 0 aliphatic rings. The zero-order valence-corrected chi connectivity index (χ0v) is 12.2. The molecule has 2 nitrogen and oxygen atoms in total. The van der Waals surface area contributed by atoms with E-state index in [4.69, 9.17) is 0 Å². The van der Waals surface area contributed by atoms with Gasteiger partial charge in [0.1, 0.15) is 0 Å². The number of hydrogen-bond donors (Lipinski definition) is 1. The van der Waals surface area contributed by atoms with Gasteiger partial charge < -0.3 is 4.98 Å². The van der Waals surface area contributed by atoms with E-state index in [0.717, 1.165) is 26.8 Å². The van der Waals surface area contributed by atoms with E-state index < -0.39 is 0 Å². The molecule has 4 rings (SSSR count). The first-order chi connectivity index (χ1) is 9.84. The molecule has 0 bridgehead atoms. The number of para-hydroxylation sites is 1. The molecule has 0 atom stereocenters. The Hall–Kier alpha value is -2.13. The summed E-state index contributed by atoms with van der Waals surface area (Å²) in [7, 11) is 0. The summed E-state index contributed by atoms with van der Waals surface area (Å²) in [6.07, 6.45) is 1.83. The second kappa shape index (κ2) is 4.46. The van der Waals surface area contributed by atoms with Crippen molar-refractivity contribution in [2.75, 3.05) is 0 Å². The first-order valence-electron chi connectivity index (χ1n) is 6.45. The van der Waals surface area contributed by atoms with Gasteiger partial charge >= 0.3 is 0 Å². The highest BCUT2D eigenvalue weighted by molar-refractivity contribution is 9.10. The zero-order valence-electron chi connectivity index (χ0n) is 10.6. The lowest BCUT2D eigenvalue weighted by Gasteiger charge is -2.05. The van der Waals surface area contributed by atoms with Crippen molar-refractivity contribution < 1.29 is 0 Å². The average molecular weight is 323 g/mol. The third-order valence-corrected chi connectivity index (χ3v) is 4.18. The molecule has 2 aromatic heterocycles. The van der Waals surface area contributed by atoms with Crippen LogP contribution in [0, 0.1) is 0 Å². The predicted molar refractivity (Wildman–Crippen MR) is 86.7 cm³/mol. The van der Waals surface area contributed by atoms with Gasteiger partial charge in [0, 0.05) is 38.0 Å². The maximum atomic E-state index is 4.52. The van der Waals surface area contributed by atoms with Crippen molar-refractivity contribution in [1.29, 1.82) is 0 Å². The van der Waals surface area contributed by atoms with Crippen LogP contribution in [0.15, 0.2) is 65.3 Å². The number of hydrogen-bond acceptors (Lipinski definition) is 1. The molecule has 1 N–H and O–H groups in total. The van der Waals surface area contributed by atoms with Crippen molar-refractivity contribution in [2.24, 2.45) is 0 Å². The fraction of sp³-hybridized carbons (Fsp3) is 0. The lowest BCUT2D eigenvalue weighted by atomic mass is 10.0. The largest absolute Gasteiger partial charge is 0.354 e. The normalized spacial score (nSPS) is 11.2. The van der Waals surface area contributed by atoms with E-state index >= 15 is 0 Å². The summed E-state index contributed by atoms with van der Waals surface area (Å²) in [6, 6.07) is 18.6. The number of aromatic nitrogens is 2. The third kappa shape index (κ3) is 1.67. The minimum atomic E-state index is 0.975. The van der Waals surface area contributed by atoms with Gasteiger partial charge in [-0.15, -0.1) is 0 Å². The van der Waals surface area contributed by atoms with E-state index in [0.29, 0.717) is 0 Å². The third-order valence-electron chi connectivity index (χ3n) is 3.54. The standard InChI is InChI=1S/C17H11BrN2/c18-13-7-4-10-19-17(13)12-6-3-9-15-16(12)11-5-1-2-8-14(11)20-15/h1-10,20H. The van der Waals surface area contributed by atoms with Crippen molar-refractivity contribution in [3.8, 4) is 11.3 Å². The topological polar surface area (TPSA) is 28.7 Å². The highest BCUT2D eigenvalue weighted by Crippen LogP contribution is 2.36. The monoisotopic (exact) mass is 322 g/mol. The summed E-state index contributed by atoms with van der Waals surface area (Å²) in [6.45, 7) is 0. The SMILES string of the molecule is Brc1cccnc1-c1cccc2[nH]c3ccccc3c12. The predicted octanol–water partition coefficient (Wildman–Crippen LogP) is 5.15. The van der Waals surface area contributed by atoms with E-state index in [1.165, 1.54) is 10.8 Å². The Morgan fingerprint density at radius 1 is 0.850 bits per heavy atom. The van der Waals surface area contributed by atoms with Crippen molar-refractivity contribution >= 4 is 37.7 Å². The maximum absolute atomic E-state index is 4.52. The minimum Gasteiger partial charge on any atom is -0.354 e. The second-order valence-electron chi connectivity index (χ2n) is 4.73. The molecule has 0 amide bonds. The Balaban J connectivity index is 2.17. The van der Waals surface area contributed by atoms with Crippen LogP contribution in [0.3, 0.4) is 0 Å². The molecule has 4 aromatic rings. The Kier molecular flexibility index (Phi) is 2.60. The second-order valence-corrected chi connectivity index (χ2v) is 5.59. The van der Waals surface area contributed by atoms with Crippen LogP contribution in [-0.4, -0.2) is 9.97 Å². The average Bonchev–Trinajstić information content (AvgIpc) is 2.86. The first kappa shape index (κ1) is 11.7. The fourth-order valence-corrected chi connectivity index (χ4v) is 3.15. The Labute approximate surface area is 124 Å². The van der Waals surface area contributed by atoms with E-state index in [9.17, 15) is 0 Å². The molecule has 0 saturated heterocycles. The summed E-state index contributed by atoms with van der Waals surface area (Å²) >= 11 is 3.60. The highest BCUT2D eigenvalue weighted by Gasteiger charge is 2.12. The molecule has 2 aromatic carbocycles. The van der Waals surface area contributed by atoms with E-state index in [1.54, 1.807) is 0 Å². The number of rotatable bonds is 1. The molecule has 2 heterocycles. The Morgan fingerprint density at radius 2 is 1.70 bits per heavy atom. The van der Waals surface area contributed by atoms with E-state index in [2.05, 4.69) is 62.3 Å². The van der Waals surface area contributed by atoms with Crippen LogP contribution < -0.4 is 0 Å². The highest BCUT2D eigenvalue weighted by atomic mass is 79.9. The molecule has 96 valence electrons. The molecule has 0 unspecified atom stereocenters. The number of nitrogens with zero attached hydrogens (tertiary/aromatic N) is 1. The molecule has 0 fully saturated rings. The van der Waals surface area contributed by atoms with Crippen molar-refractivity contribution in [3.05, 3.63) is 65.3 Å². The molecule has 3 heteroatoms. The smallest absolute Gasteiger partial charge is 0.0850 e. The van der Waals surface area contributed by atoms with Gasteiger partial charge in [-0.2, -0.15) is 0 Å². The van der Waals surface area contributed by atoms with Gasteiger partial charge in [-0.3, -0.25) is 4.98 Å². The maximum Gasteiger partial charge on any atom is 0.0850 e. The van der Waals surface area contributed by atoms with Crippen molar-refractivity contribution in [1.82, 2.24) is 9.97 Å². The molecule has 0 radical (unpaired) electrons. The summed E-state index contributed by atoms with van der Waals surface area (Å²) in [4.78, 5) is 7.99. The minimum absolute atomic E-state index is 0.975. The molecular formula is C17H11BrN2. The van der Waals surface area contributed by atoms with Gasteiger partial charge in [-0.1, -0.05) is 30.3 Å². The Bertz CT molecular complexity index is 924. The van der Waals surface area contributed by atoms with Gasteiger partial charge in [0.2, 0.25) is 0 Å². The van der Waals surface area contributed by atoms with Crippen molar-refractivity contribution in [2.45, 2.75) is 0 Å². The number of benzene rings is 2. The molecule has 0 aliphatic carbocycles. The number of pyridine rings is 1. The van der Waals surface area contributed by atoms with Crippen LogP contribution in [-0.2, 0) is 0 Å². The summed E-state index contributed by atoms with van der Waals surface area (Å²) < 4.78 is 1.01. The number of aromatic amines is 1. The summed E-state index contributed by atoms with van der Waals surface area (Å²) in [5.74, 6) is 0. The van der Waals surface area contributed by atoms with Crippen LogP contribution >= 0.6 is 15.9 Å². The fourth-order valence-electron chi connectivity index (χ4n) is 2.68. The number of halogens is 1. The quantitative estimate of drug-likeness (QED) is 0.516. The van der Waals surface area contributed by atoms with Gasteiger partial charge in [-0.05, 0) is 40.2 Å². The van der Waals surface area contributed by atoms with Gasteiger partial charge in [-0.25, -0.2) is 0 Å². The van der Waals surface area contributed by atoms with E-state index in [1.807, 2.05) is 24.4 Å². The summed E-state index contributed by atoms with van der Waals surface area (Å²) in [5.41, 5.74) is 4.42. The van der Waals surface area contributed by atoms with Gasteiger partial charge in [0.05, 0.1) is 5.69 Å². The van der Waals surface area contributed by atoms with Gasteiger partial charge in [0.25, 0.3) is 0 Å². The first-order valence-corrected chi connectivity index (χ1v) is 7.24. The van der Waals surface area contributed by atoms with Crippen molar-refractivity contribution in [3.63, 3.8) is 0 Å². The lowest BCUT2D eigenvalue weighted by molar-refractivity contribution is 1.31. The summed E-state index contributed by atoms with van der Waals surface area (Å²) in [5, 5.41) is 2.46. The van der Waals surface area contributed by atoms with E-state index in [-0.39, 0.29) is 0 Å². The van der Waals surface area contributed by atoms with Crippen LogP contribution in [0.5, 0.6) is 0 Å². The molecule has 0 aliphatic heterocycles. The molecule has 20 heavy (non-hydrogen) atoms. The van der Waals surface area contributed by atoms with Crippen LogP contribution in [0.1, 0.15) is 0 Å². The molecular weight excluding hydrogens is 312 g/mol. The van der Waals surface area contributed by atoms with Crippen LogP contribution in [0.25, 0.3) is 33.1 Å². The van der Waals surface area contributed by atoms with Gasteiger partial charge in [0.15, 0.2) is 0 Å².